The smallest absolute Gasteiger partial charge is 0.331 e. The van der Waals surface area contributed by atoms with Crippen molar-refractivity contribution in [1.82, 2.24) is 25.3 Å². The number of nitrogens with one attached hydrogen (secondary N) is 2. The summed E-state index contributed by atoms with van der Waals surface area (Å²) < 4.78 is 0. The number of hydrogen-bond donors (Lipinski definition) is 6. The first kappa shape index (κ1) is 22.9. The summed E-state index contributed by atoms with van der Waals surface area (Å²) in [6.07, 6.45) is 1.09. The van der Waals surface area contributed by atoms with Crippen molar-refractivity contribution in [1.29, 1.82) is 0 Å². The van der Waals surface area contributed by atoms with Gasteiger partial charge in [0.05, 0.1) is 18.4 Å². The van der Waals surface area contributed by atoms with Gasteiger partial charge in [-0.2, -0.15) is 9.97 Å². The first-order chi connectivity index (χ1) is 15.6. The fourth-order valence-electron chi connectivity index (χ4n) is 2.78. The predicted molar refractivity (Wildman–Crippen MR) is 118 cm³/mol. The number of amides is 1. The fourth-order valence-corrected chi connectivity index (χ4v) is 2.78. The quantitative estimate of drug-likeness (QED) is 0.243. The maximum Gasteiger partial charge on any atom is 0.331 e. The molecule has 2 aromatic heterocycles. The van der Waals surface area contributed by atoms with Crippen molar-refractivity contribution in [3.05, 3.63) is 53.9 Å². The number of aliphatic carboxylic acids is 2. The molecule has 0 bridgehead atoms. The second-order valence-corrected chi connectivity index (χ2v) is 6.91. The van der Waals surface area contributed by atoms with Crippen molar-refractivity contribution >= 4 is 46.5 Å². The molecule has 1 atom stereocenters. The third-order valence-electron chi connectivity index (χ3n) is 4.48. The van der Waals surface area contributed by atoms with Gasteiger partial charge in [0.25, 0.3) is 5.91 Å². The van der Waals surface area contributed by atoms with E-state index in [2.05, 4.69) is 37.1 Å². The van der Waals surface area contributed by atoms with E-state index < -0.39 is 30.3 Å². The zero-order valence-electron chi connectivity index (χ0n) is 17.1. The Hall–Kier alpha value is -4.81. The average molecular weight is 452 g/mol. The zero-order chi connectivity index (χ0) is 24.1. The molecule has 0 fully saturated rings. The first-order valence-electron chi connectivity index (χ1n) is 9.47. The molecule has 3 aromatic rings. The lowest BCUT2D eigenvalue weighted by Gasteiger charge is -2.15. The van der Waals surface area contributed by atoms with Gasteiger partial charge in [-0.1, -0.05) is 6.58 Å². The Labute approximate surface area is 186 Å². The minimum Gasteiger partial charge on any atom is -0.480 e. The summed E-state index contributed by atoms with van der Waals surface area (Å²) in [5.41, 5.74) is 13.0. The van der Waals surface area contributed by atoms with Crippen molar-refractivity contribution in [2.45, 2.75) is 19.0 Å². The monoisotopic (exact) mass is 452 g/mol. The summed E-state index contributed by atoms with van der Waals surface area (Å²) in [4.78, 5) is 50.9. The topological polar surface area (TPSA) is 219 Å². The van der Waals surface area contributed by atoms with Gasteiger partial charge in [-0.05, 0) is 24.3 Å². The van der Waals surface area contributed by atoms with Gasteiger partial charge in [0.15, 0.2) is 17.0 Å². The molecule has 0 aliphatic rings. The molecule has 0 saturated carbocycles. The third kappa shape index (κ3) is 5.66. The summed E-state index contributed by atoms with van der Waals surface area (Å²) >= 11 is 0. The van der Waals surface area contributed by atoms with Crippen LogP contribution < -0.4 is 22.1 Å². The number of nitrogens with zero attached hydrogens (tertiary/aromatic N) is 4. The molecule has 3 rings (SSSR count). The maximum atomic E-state index is 12.4. The Morgan fingerprint density at radius 2 is 1.76 bits per heavy atom. The number of rotatable bonds is 9. The number of nitrogen functional groups attached to an aromatic ring is 2. The molecule has 13 heteroatoms. The van der Waals surface area contributed by atoms with E-state index in [-0.39, 0.29) is 35.1 Å². The highest BCUT2D eigenvalue weighted by Crippen LogP contribution is 2.16. The van der Waals surface area contributed by atoms with Crippen molar-refractivity contribution in [2.24, 2.45) is 0 Å². The van der Waals surface area contributed by atoms with Crippen LogP contribution in [-0.2, 0) is 16.1 Å². The highest BCUT2D eigenvalue weighted by Gasteiger charge is 2.23. The van der Waals surface area contributed by atoms with Gasteiger partial charge in [-0.25, -0.2) is 19.6 Å². The van der Waals surface area contributed by atoms with Crippen LogP contribution in [-0.4, -0.2) is 54.0 Å². The second kappa shape index (κ2) is 9.55. The van der Waals surface area contributed by atoms with Gasteiger partial charge in [-0.15, -0.1) is 0 Å². The molecule has 13 nitrogen and oxygen atoms in total. The molecule has 1 aromatic carbocycles. The number of carbonyl (C=O) groups is 3. The SMILES string of the molecule is C=C(C[C@H](NC(=O)c1ccc(NCc2cnc3nc(N)nc(N)c3n2)cc1)C(=O)O)C(=O)O. The Bertz CT molecular complexity index is 1250. The highest BCUT2D eigenvalue weighted by atomic mass is 16.4. The number of anilines is 3. The van der Waals surface area contributed by atoms with Gasteiger partial charge in [-0.3, -0.25) is 4.79 Å². The number of hydrogen-bond acceptors (Lipinski definition) is 10. The summed E-state index contributed by atoms with van der Waals surface area (Å²) in [7, 11) is 0. The summed E-state index contributed by atoms with van der Waals surface area (Å²) in [5, 5.41) is 23.5. The largest absolute Gasteiger partial charge is 0.480 e. The van der Waals surface area contributed by atoms with Crippen LogP contribution >= 0.6 is 0 Å². The van der Waals surface area contributed by atoms with E-state index in [0.29, 0.717) is 16.9 Å². The van der Waals surface area contributed by atoms with Crippen LogP contribution in [0, 0.1) is 0 Å². The van der Waals surface area contributed by atoms with Gasteiger partial charge < -0.3 is 32.3 Å². The molecule has 0 aliphatic carbocycles. The van der Waals surface area contributed by atoms with E-state index in [1.807, 2.05) is 0 Å². The van der Waals surface area contributed by atoms with Crippen LogP contribution in [0.4, 0.5) is 17.5 Å². The zero-order valence-corrected chi connectivity index (χ0v) is 17.1. The molecule has 0 unspecified atom stereocenters. The first-order valence-corrected chi connectivity index (χ1v) is 9.47. The lowest BCUT2D eigenvalue weighted by molar-refractivity contribution is -0.139. The van der Waals surface area contributed by atoms with Crippen molar-refractivity contribution in [3.8, 4) is 0 Å². The van der Waals surface area contributed by atoms with E-state index >= 15 is 0 Å². The van der Waals surface area contributed by atoms with Crippen molar-refractivity contribution in [2.75, 3.05) is 16.8 Å². The Morgan fingerprint density at radius 3 is 2.39 bits per heavy atom. The number of nitrogens with two attached hydrogens (primary N) is 2. The van der Waals surface area contributed by atoms with Gasteiger partial charge in [0.2, 0.25) is 5.95 Å². The summed E-state index contributed by atoms with van der Waals surface area (Å²) in [6, 6.07) is 4.80. The molecule has 1 amide bonds. The molecular formula is C20H20N8O5. The summed E-state index contributed by atoms with van der Waals surface area (Å²) in [5.74, 6) is -3.24. The van der Waals surface area contributed by atoms with Crippen LogP contribution in [0.25, 0.3) is 11.2 Å². The van der Waals surface area contributed by atoms with Crippen LogP contribution in [0.1, 0.15) is 22.5 Å². The van der Waals surface area contributed by atoms with Crippen molar-refractivity contribution in [3.63, 3.8) is 0 Å². The Morgan fingerprint density at radius 1 is 1.06 bits per heavy atom. The van der Waals surface area contributed by atoms with Gasteiger partial charge in [0, 0.05) is 23.2 Å². The predicted octanol–water partition coefficient (Wildman–Crippen LogP) is 0.410. The molecule has 0 radical (unpaired) electrons. The van der Waals surface area contributed by atoms with Crippen LogP contribution in [0.5, 0.6) is 0 Å². The van der Waals surface area contributed by atoms with E-state index in [1.165, 1.54) is 18.3 Å². The lowest BCUT2D eigenvalue weighted by Crippen LogP contribution is -2.41. The number of carboxylic acid groups (broad SMARTS) is 2. The Balaban J connectivity index is 1.63. The molecule has 0 spiro atoms. The number of aromatic nitrogens is 4. The van der Waals surface area contributed by atoms with Crippen molar-refractivity contribution < 1.29 is 24.6 Å². The normalized spacial score (nSPS) is 11.5. The summed E-state index contributed by atoms with van der Waals surface area (Å²) in [6.45, 7) is 3.58. The minimum absolute atomic E-state index is 0.00537. The van der Waals surface area contributed by atoms with Crippen LogP contribution in [0.3, 0.4) is 0 Å². The maximum absolute atomic E-state index is 12.4. The fraction of sp³-hybridized carbons (Fsp3) is 0.150. The third-order valence-corrected chi connectivity index (χ3v) is 4.48. The molecule has 0 aliphatic heterocycles. The van der Waals surface area contributed by atoms with Gasteiger partial charge >= 0.3 is 11.9 Å². The van der Waals surface area contributed by atoms with Crippen LogP contribution in [0.15, 0.2) is 42.6 Å². The number of fused-ring (bicyclic) bond motifs is 1. The lowest BCUT2D eigenvalue weighted by atomic mass is 10.1. The van der Waals surface area contributed by atoms with E-state index in [0.717, 1.165) is 0 Å². The van der Waals surface area contributed by atoms with E-state index in [4.69, 9.17) is 16.6 Å². The standard InChI is InChI=1S/C20H20N8O5/c1-9(18(30)31)6-13(19(32)33)26-17(29)10-2-4-11(5-3-10)23-7-12-8-24-16-14(25-12)15(21)27-20(22)28-16/h2-5,8,13,23H,1,6-7H2,(H,26,29)(H,30,31)(H,32,33)(H4,21,22,24,27,28)/t13-/m0/s1. The Kier molecular flexibility index (Phi) is 6.62. The number of benzene rings is 1. The molecule has 8 N–H and O–H groups in total. The minimum atomic E-state index is -1.42. The molecule has 33 heavy (non-hydrogen) atoms. The molecule has 170 valence electrons. The van der Waals surface area contributed by atoms with E-state index in [1.54, 1.807) is 12.1 Å². The number of carboxylic acids is 2. The molecular weight excluding hydrogens is 432 g/mol. The van der Waals surface area contributed by atoms with E-state index in [9.17, 15) is 19.5 Å². The molecule has 0 saturated heterocycles. The van der Waals surface area contributed by atoms with Gasteiger partial charge in [0.1, 0.15) is 6.04 Å². The van der Waals surface area contributed by atoms with Crippen LogP contribution in [0.2, 0.25) is 0 Å². The number of carbonyl (C=O) groups excluding carboxylic acids is 1. The second-order valence-electron chi connectivity index (χ2n) is 6.91. The average Bonchev–Trinajstić information content (AvgIpc) is 2.77. The highest BCUT2D eigenvalue weighted by molar-refractivity contribution is 5.97. The molecule has 2 heterocycles.